The van der Waals surface area contributed by atoms with Gasteiger partial charge in [-0.05, 0) is 24.3 Å². The van der Waals surface area contributed by atoms with E-state index in [4.69, 9.17) is 17.3 Å². The summed E-state index contributed by atoms with van der Waals surface area (Å²) in [7, 11) is 0. The lowest BCUT2D eigenvalue weighted by Crippen LogP contribution is -2.02. The lowest BCUT2D eigenvalue weighted by Gasteiger charge is -2.09. The van der Waals surface area contributed by atoms with Gasteiger partial charge in [-0.25, -0.2) is 4.98 Å². The molecule has 1 heterocycles. The largest absolute Gasteiger partial charge is 0.384 e. The lowest BCUT2D eigenvalue weighted by atomic mass is 10.3. The number of nitrogens with one attached hydrogen (secondary N) is 1. The maximum Gasteiger partial charge on any atom is 0.311 e. The molecule has 0 fully saturated rings. The number of nitrogens with zero attached hydrogens (tertiary/aromatic N) is 2. The zero-order chi connectivity index (χ0) is 14.0. The second-order valence-corrected chi connectivity index (χ2v) is 4.93. The van der Waals surface area contributed by atoms with Crippen LogP contribution in [0.5, 0.6) is 0 Å². The van der Waals surface area contributed by atoms with E-state index < -0.39 is 4.92 Å². The van der Waals surface area contributed by atoms with Crippen LogP contribution in [0, 0.1) is 10.1 Å². The van der Waals surface area contributed by atoms with E-state index in [1.54, 1.807) is 18.2 Å². The molecule has 6 nitrogen and oxygen atoms in total. The van der Waals surface area contributed by atoms with Gasteiger partial charge in [0.15, 0.2) is 0 Å². The van der Waals surface area contributed by atoms with Crippen molar-refractivity contribution in [2.45, 2.75) is 0 Å². The summed E-state index contributed by atoms with van der Waals surface area (Å²) >= 11 is 9.30. The second-order valence-electron chi connectivity index (χ2n) is 3.61. The van der Waals surface area contributed by atoms with Gasteiger partial charge in [-0.2, -0.15) is 0 Å². The predicted molar refractivity (Wildman–Crippen MR) is 77.7 cm³/mol. The van der Waals surface area contributed by atoms with Gasteiger partial charge < -0.3 is 11.1 Å². The van der Waals surface area contributed by atoms with Crippen molar-refractivity contribution in [3.63, 3.8) is 0 Å². The van der Waals surface area contributed by atoms with Crippen LogP contribution in [0.15, 0.2) is 34.8 Å². The van der Waals surface area contributed by atoms with Crippen LogP contribution in [0.1, 0.15) is 0 Å². The summed E-state index contributed by atoms with van der Waals surface area (Å²) in [5, 5.41) is 14.1. The Morgan fingerprint density at radius 2 is 2.11 bits per heavy atom. The Hall–Kier alpha value is -1.86. The van der Waals surface area contributed by atoms with Gasteiger partial charge in [0, 0.05) is 10.5 Å². The Morgan fingerprint density at radius 1 is 1.37 bits per heavy atom. The normalized spacial score (nSPS) is 10.2. The molecule has 19 heavy (non-hydrogen) atoms. The van der Waals surface area contributed by atoms with Gasteiger partial charge in [-0.3, -0.25) is 10.1 Å². The topological polar surface area (TPSA) is 94.1 Å². The number of hydrogen-bond donors (Lipinski definition) is 2. The zero-order valence-electron chi connectivity index (χ0n) is 9.43. The summed E-state index contributed by atoms with van der Waals surface area (Å²) in [6.45, 7) is 0. The number of nitrogen functional groups attached to an aromatic ring is 1. The van der Waals surface area contributed by atoms with Crippen LogP contribution in [0.2, 0.25) is 5.02 Å². The van der Waals surface area contributed by atoms with Crippen LogP contribution in [-0.2, 0) is 0 Å². The molecule has 8 heteroatoms. The third kappa shape index (κ3) is 3.12. The first-order chi connectivity index (χ1) is 8.97. The molecule has 3 N–H and O–H groups in total. The van der Waals surface area contributed by atoms with E-state index in [1.807, 2.05) is 0 Å². The molecule has 0 unspecified atom stereocenters. The van der Waals surface area contributed by atoms with Gasteiger partial charge in [0.1, 0.15) is 5.82 Å². The molecule has 0 spiro atoms. The van der Waals surface area contributed by atoms with Crippen LogP contribution in [-0.4, -0.2) is 9.91 Å². The Labute approximate surface area is 121 Å². The van der Waals surface area contributed by atoms with Gasteiger partial charge in [-0.1, -0.05) is 27.5 Å². The minimum absolute atomic E-state index is 0.0463. The average Bonchev–Trinajstić information content (AvgIpc) is 2.33. The van der Waals surface area contributed by atoms with Crippen molar-refractivity contribution < 1.29 is 4.92 Å². The molecule has 0 saturated heterocycles. The summed E-state index contributed by atoms with van der Waals surface area (Å²) < 4.78 is 0.783. The van der Waals surface area contributed by atoms with Crippen LogP contribution in [0.25, 0.3) is 0 Å². The van der Waals surface area contributed by atoms with E-state index >= 15 is 0 Å². The van der Waals surface area contributed by atoms with Crippen LogP contribution < -0.4 is 11.1 Å². The van der Waals surface area contributed by atoms with Gasteiger partial charge in [0.2, 0.25) is 5.82 Å². The Morgan fingerprint density at radius 3 is 2.79 bits per heavy atom. The van der Waals surface area contributed by atoms with Gasteiger partial charge in [0.25, 0.3) is 0 Å². The highest BCUT2D eigenvalue weighted by atomic mass is 79.9. The first-order valence-electron chi connectivity index (χ1n) is 5.10. The maximum absolute atomic E-state index is 10.9. The SMILES string of the molecule is Nc1ccc([N+](=O)[O-])c(Nc2cc(Br)ccc2Cl)n1. The van der Waals surface area contributed by atoms with Crippen molar-refractivity contribution in [3.05, 3.63) is 49.9 Å². The third-order valence-electron chi connectivity index (χ3n) is 2.27. The molecule has 0 aliphatic rings. The molecule has 1 aromatic heterocycles. The van der Waals surface area contributed by atoms with Crippen LogP contribution in [0.3, 0.4) is 0 Å². The molecule has 98 valence electrons. The number of nitrogens with two attached hydrogens (primary N) is 1. The summed E-state index contributed by atoms with van der Waals surface area (Å²) in [5.41, 5.74) is 5.86. The molecule has 0 saturated carbocycles. The standard InChI is InChI=1S/C11H8BrClN4O2/c12-6-1-2-7(13)8(5-6)15-11-9(17(18)19)3-4-10(14)16-11/h1-5H,(H3,14,15,16). The van der Waals surface area contributed by atoms with E-state index in [1.165, 1.54) is 12.1 Å². The zero-order valence-corrected chi connectivity index (χ0v) is 11.8. The minimum Gasteiger partial charge on any atom is -0.384 e. The summed E-state index contributed by atoms with van der Waals surface area (Å²) in [5.74, 6) is 0.226. The highest BCUT2D eigenvalue weighted by molar-refractivity contribution is 9.10. The van der Waals surface area contributed by atoms with Crippen molar-refractivity contribution in [1.29, 1.82) is 0 Å². The molecule has 0 atom stereocenters. The fourth-order valence-electron chi connectivity index (χ4n) is 1.43. The first kappa shape index (κ1) is 13.6. The van der Waals surface area contributed by atoms with Crippen LogP contribution >= 0.6 is 27.5 Å². The second kappa shape index (κ2) is 5.41. The summed E-state index contributed by atoms with van der Waals surface area (Å²) in [6.07, 6.45) is 0. The fourth-order valence-corrected chi connectivity index (χ4v) is 1.95. The van der Waals surface area contributed by atoms with E-state index in [0.29, 0.717) is 10.7 Å². The number of rotatable bonds is 3. The number of pyridine rings is 1. The number of anilines is 3. The molecule has 0 radical (unpaired) electrons. The quantitative estimate of drug-likeness (QED) is 0.654. The highest BCUT2D eigenvalue weighted by Crippen LogP contribution is 2.31. The van der Waals surface area contributed by atoms with Gasteiger partial charge >= 0.3 is 5.69 Å². The van der Waals surface area contributed by atoms with Crippen molar-refractivity contribution in [2.24, 2.45) is 0 Å². The molecule has 0 aliphatic carbocycles. The molecule has 0 bridgehead atoms. The maximum atomic E-state index is 10.9. The first-order valence-corrected chi connectivity index (χ1v) is 6.27. The van der Waals surface area contributed by atoms with E-state index in [0.717, 1.165) is 4.47 Å². The summed E-state index contributed by atoms with van der Waals surface area (Å²) in [6, 6.07) is 7.76. The van der Waals surface area contributed by atoms with Gasteiger partial charge in [-0.15, -0.1) is 0 Å². The smallest absolute Gasteiger partial charge is 0.311 e. The molecule has 1 aromatic carbocycles. The van der Waals surface area contributed by atoms with E-state index in [-0.39, 0.29) is 17.3 Å². The minimum atomic E-state index is -0.541. The molecule has 2 rings (SSSR count). The highest BCUT2D eigenvalue weighted by Gasteiger charge is 2.16. The van der Waals surface area contributed by atoms with E-state index in [9.17, 15) is 10.1 Å². The van der Waals surface area contributed by atoms with E-state index in [2.05, 4.69) is 26.2 Å². The summed E-state index contributed by atoms with van der Waals surface area (Å²) in [4.78, 5) is 14.3. The molecule has 0 aliphatic heterocycles. The molecule has 0 amide bonds. The number of benzene rings is 1. The van der Waals surface area contributed by atoms with Gasteiger partial charge in [0.05, 0.1) is 15.6 Å². The van der Waals surface area contributed by atoms with Crippen molar-refractivity contribution >= 4 is 50.5 Å². The van der Waals surface area contributed by atoms with Crippen LogP contribution in [0.4, 0.5) is 23.0 Å². The predicted octanol–water partition coefficient (Wildman–Crippen LogP) is 3.73. The number of aromatic nitrogens is 1. The monoisotopic (exact) mass is 342 g/mol. The number of halogens is 2. The molecule has 2 aromatic rings. The van der Waals surface area contributed by atoms with Crippen molar-refractivity contribution in [2.75, 3.05) is 11.1 Å². The molecular weight excluding hydrogens is 336 g/mol. The fraction of sp³-hybridized carbons (Fsp3) is 0. The Balaban J connectivity index is 2.45. The van der Waals surface area contributed by atoms with Crippen molar-refractivity contribution in [1.82, 2.24) is 4.98 Å². The Bertz CT molecular complexity index is 651. The number of nitro groups is 1. The molecular formula is C11H8BrClN4O2. The average molecular weight is 344 g/mol. The van der Waals surface area contributed by atoms with Crippen molar-refractivity contribution in [3.8, 4) is 0 Å². The number of hydrogen-bond acceptors (Lipinski definition) is 5. The Kier molecular flexibility index (Phi) is 3.87. The third-order valence-corrected chi connectivity index (χ3v) is 3.10. The lowest BCUT2D eigenvalue weighted by molar-refractivity contribution is -0.384.